The van der Waals surface area contributed by atoms with Gasteiger partial charge in [-0.3, -0.25) is 10.1 Å². The Hall–Kier alpha value is -3.19. The third kappa shape index (κ3) is 5.30. The molecule has 1 amide bonds. The number of nitrogens with one attached hydrogen (secondary N) is 2. The fraction of sp³-hybridized carbons (Fsp3) is 0.333. The van der Waals surface area contributed by atoms with Gasteiger partial charge in [0.05, 0.1) is 18.2 Å². The summed E-state index contributed by atoms with van der Waals surface area (Å²) in [5.41, 5.74) is -1.17. The van der Waals surface area contributed by atoms with E-state index in [0.717, 1.165) is 36.4 Å². The molecule has 10 heteroatoms. The monoisotopic (exact) mass is 439 g/mol. The lowest BCUT2D eigenvalue weighted by atomic mass is 10.0. The van der Waals surface area contributed by atoms with Crippen molar-refractivity contribution in [2.45, 2.75) is 43.3 Å². The second kappa shape index (κ2) is 8.89. The average molecular weight is 439 g/mol. The molecule has 1 aliphatic carbocycles. The van der Waals surface area contributed by atoms with E-state index in [1.165, 1.54) is 0 Å². The van der Waals surface area contributed by atoms with Crippen LogP contribution in [-0.4, -0.2) is 29.0 Å². The van der Waals surface area contributed by atoms with Crippen LogP contribution in [0.3, 0.4) is 0 Å². The van der Waals surface area contributed by atoms with Gasteiger partial charge in [0.1, 0.15) is 11.4 Å². The van der Waals surface area contributed by atoms with Crippen LogP contribution in [0, 0.1) is 28.8 Å². The van der Waals surface area contributed by atoms with Crippen LogP contribution in [0.1, 0.15) is 30.0 Å². The number of rotatable bonds is 8. The first-order chi connectivity index (χ1) is 14.6. The van der Waals surface area contributed by atoms with Crippen molar-refractivity contribution in [2.75, 3.05) is 0 Å². The van der Waals surface area contributed by atoms with Crippen LogP contribution in [-0.2, 0) is 11.2 Å². The molecule has 1 saturated carbocycles. The summed E-state index contributed by atoms with van der Waals surface area (Å²) in [6.07, 6.45) is -2.63. The molecule has 1 aliphatic rings. The van der Waals surface area contributed by atoms with Gasteiger partial charge < -0.3 is 10.4 Å². The van der Waals surface area contributed by atoms with E-state index in [9.17, 15) is 37.1 Å². The number of halogens is 5. The number of aromatic hydroxyl groups is 1. The van der Waals surface area contributed by atoms with Gasteiger partial charge in [-0.1, -0.05) is 12.1 Å². The number of carbonyl (C=O) groups excluding carboxylic acids is 1. The summed E-state index contributed by atoms with van der Waals surface area (Å²) in [7, 11) is 0. The second-order valence-corrected chi connectivity index (χ2v) is 7.38. The van der Waals surface area contributed by atoms with E-state index in [0.29, 0.717) is 12.8 Å². The summed E-state index contributed by atoms with van der Waals surface area (Å²) in [6.45, 7) is 0. The minimum absolute atomic E-state index is 0.00122. The molecule has 1 fully saturated rings. The molecule has 2 aromatic carbocycles. The molecule has 0 spiro atoms. The molecule has 3 rings (SSSR count). The zero-order valence-corrected chi connectivity index (χ0v) is 16.0. The highest BCUT2D eigenvalue weighted by molar-refractivity contribution is 5.83. The van der Waals surface area contributed by atoms with Gasteiger partial charge in [-0.25, -0.2) is 22.0 Å². The number of phenolic OH excluding ortho intramolecular Hbond substituents is 1. The van der Waals surface area contributed by atoms with Crippen molar-refractivity contribution in [1.29, 1.82) is 5.26 Å². The van der Waals surface area contributed by atoms with Gasteiger partial charge >= 0.3 is 0 Å². The molecule has 31 heavy (non-hydrogen) atoms. The molecule has 5 nitrogen and oxygen atoms in total. The lowest BCUT2D eigenvalue weighted by Crippen LogP contribution is -2.51. The Morgan fingerprint density at radius 3 is 2.19 bits per heavy atom. The average Bonchev–Trinajstić information content (AvgIpc) is 3.49. The Morgan fingerprint density at radius 2 is 1.71 bits per heavy atom. The summed E-state index contributed by atoms with van der Waals surface area (Å²) in [5.74, 6) is -5.18. The van der Waals surface area contributed by atoms with Crippen molar-refractivity contribution in [3.05, 3.63) is 65.0 Å². The van der Waals surface area contributed by atoms with Gasteiger partial charge in [0.25, 0.3) is 6.43 Å². The van der Waals surface area contributed by atoms with Crippen molar-refractivity contribution < 1.29 is 31.9 Å². The van der Waals surface area contributed by atoms with E-state index in [1.54, 1.807) is 0 Å². The smallest absolute Gasteiger partial charge is 0.257 e. The number of nitriles is 1. The van der Waals surface area contributed by atoms with Crippen molar-refractivity contribution in [1.82, 2.24) is 10.6 Å². The van der Waals surface area contributed by atoms with Crippen LogP contribution in [0.5, 0.6) is 5.75 Å². The first-order valence-electron chi connectivity index (χ1n) is 9.34. The Morgan fingerprint density at radius 1 is 1.13 bits per heavy atom. The molecule has 164 valence electrons. The molecule has 0 saturated heterocycles. The van der Waals surface area contributed by atoms with Gasteiger partial charge in [0.2, 0.25) is 5.91 Å². The SMILES string of the molecule is N#CC1(NC(=O)[C@H](Cc2cc(F)c(O)c(F)c2)N[C@@H](c2ccc(F)cc2)C(F)F)CC1. The molecule has 0 radical (unpaired) electrons. The van der Waals surface area contributed by atoms with Crippen LogP contribution >= 0.6 is 0 Å². The normalized spacial score (nSPS) is 16.4. The van der Waals surface area contributed by atoms with Crippen LogP contribution in [0.2, 0.25) is 0 Å². The van der Waals surface area contributed by atoms with Gasteiger partial charge in [-0.05, 0) is 54.7 Å². The van der Waals surface area contributed by atoms with Crippen LogP contribution < -0.4 is 10.6 Å². The van der Waals surface area contributed by atoms with E-state index in [4.69, 9.17) is 0 Å². The minimum atomic E-state index is -3.00. The molecule has 0 unspecified atom stereocenters. The summed E-state index contributed by atoms with van der Waals surface area (Å²) in [4.78, 5) is 12.8. The van der Waals surface area contributed by atoms with Crippen molar-refractivity contribution in [3.63, 3.8) is 0 Å². The van der Waals surface area contributed by atoms with Crippen LogP contribution in [0.15, 0.2) is 36.4 Å². The van der Waals surface area contributed by atoms with Gasteiger partial charge in [0.15, 0.2) is 17.4 Å². The fourth-order valence-electron chi connectivity index (χ4n) is 3.11. The summed E-state index contributed by atoms with van der Waals surface area (Å²) < 4.78 is 68.1. The molecule has 2 aromatic rings. The number of alkyl halides is 2. The number of carbonyl (C=O) groups is 1. The third-order valence-electron chi connectivity index (χ3n) is 5.02. The maximum Gasteiger partial charge on any atom is 0.257 e. The molecular weight excluding hydrogens is 421 g/mol. The number of phenols is 1. The molecule has 2 atom stereocenters. The highest BCUT2D eigenvalue weighted by atomic mass is 19.3. The molecule has 0 aromatic heterocycles. The summed E-state index contributed by atoms with van der Waals surface area (Å²) in [6, 6.07) is 4.65. The van der Waals surface area contributed by atoms with E-state index in [-0.39, 0.29) is 11.1 Å². The number of benzene rings is 2. The maximum atomic E-state index is 13.8. The maximum absolute atomic E-state index is 13.8. The zero-order chi connectivity index (χ0) is 22.8. The first kappa shape index (κ1) is 22.5. The predicted molar refractivity (Wildman–Crippen MR) is 99.5 cm³/mol. The van der Waals surface area contributed by atoms with Crippen molar-refractivity contribution in [2.24, 2.45) is 0 Å². The molecule has 0 bridgehead atoms. The van der Waals surface area contributed by atoms with E-state index in [2.05, 4.69) is 10.6 Å². The summed E-state index contributed by atoms with van der Waals surface area (Å²) in [5, 5.41) is 23.4. The number of hydrogen-bond donors (Lipinski definition) is 3. The van der Waals surface area contributed by atoms with E-state index >= 15 is 0 Å². The molecule has 0 aliphatic heterocycles. The number of amides is 1. The van der Waals surface area contributed by atoms with Gasteiger partial charge in [-0.2, -0.15) is 5.26 Å². The van der Waals surface area contributed by atoms with Gasteiger partial charge in [-0.15, -0.1) is 0 Å². The summed E-state index contributed by atoms with van der Waals surface area (Å²) >= 11 is 0. The first-order valence-corrected chi connectivity index (χ1v) is 9.34. The Balaban J connectivity index is 1.89. The number of nitrogens with zero attached hydrogens (tertiary/aromatic N) is 1. The molecular formula is C21H18F5N3O2. The van der Waals surface area contributed by atoms with Crippen molar-refractivity contribution >= 4 is 5.91 Å². The quantitative estimate of drug-likeness (QED) is 0.550. The Bertz CT molecular complexity index is 980. The molecule has 0 heterocycles. The fourth-order valence-corrected chi connectivity index (χ4v) is 3.11. The van der Waals surface area contributed by atoms with Crippen molar-refractivity contribution in [3.8, 4) is 11.8 Å². The lowest BCUT2D eigenvalue weighted by Gasteiger charge is -2.26. The van der Waals surface area contributed by atoms with Crippen LogP contribution in [0.4, 0.5) is 22.0 Å². The predicted octanol–water partition coefficient (Wildman–Crippen LogP) is 3.49. The van der Waals surface area contributed by atoms with E-state index < -0.39 is 59.6 Å². The lowest BCUT2D eigenvalue weighted by molar-refractivity contribution is -0.124. The highest BCUT2D eigenvalue weighted by Crippen LogP contribution is 2.34. The molecule has 3 N–H and O–H groups in total. The van der Waals surface area contributed by atoms with Crippen LogP contribution in [0.25, 0.3) is 0 Å². The highest BCUT2D eigenvalue weighted by Gasteiger charge is 2.46. The second-order valence-electron chi connectivity index (χ2n) is 7.38. The standard InChI is InChI=1S/C21H18F5N3O2/c22-13-3-1-12(2-4-13)17(19(25)26)28-16(20(31)29-21(10-27)5-6-21)9-11-7-14(23)18(30)15(24)8-11/h1-4,7-8,16-17,19,28,30H,5-6,9H2,(H,29,31)/t16-,17-/m0/s1. The zero-order valence-electron chi connectivity index (χ0n) is 16.0. The minimum Gasteiger partial charge on any atom is -0.503 e. The Labute approximate surface area is 174 Å². The largest absolute Gasteiger partial charge is 0.503 e. The van der Waals surface area contributed by atoms with Gasteiger partial charge in [0, 0.05) is 0 Å². The topological polar surface area (TPSA) is 85.2 Å². The Kier molecular flexibility index (Phi) is 6.45. The third-order valence-corrected chi connectivity index (χ3v) is 5.02. The number of hydrogen-bond acceptors (Lipinski definition) is 4. The van der Waals surface area contributed by atoms with E-state index in [1.807, 2.05) is 6.07 Å².